The van der Waals surface area contributed by atoms with Crippen LogP contribution in [0.15, 0.2) is 28.5 Å². The average Bonchev–Trinajstić information content (AvgIpc) is 2.88. The van der Waals surface area contributed by atoms with Crippen LogP contribution in [0.2, 0.25) is 0 Å². The molecule has 0 aliphatic heterocycles. The average molecular weight is 453 g/mol. The molecule has 0 bridgehead atoms. The topological polar surface area (TPSA) is 69.0 Å². The van der Waals surface area contributed by atoms with Crippen molar-refractivity contribution < 1.29 is 27.1 Å². The van der Waals surface area contributed by atoms with Crippen molar-refractivity contribution in [1.29, 1.82) is 0 Å². The predicted octanol–water partition coefficient (Wildman–Crippen LogP) is 4.59. The summed E-state index contributed by atoms with van der Waals surface area (Å²) in [5.74, 6) is -0.702. The van der Waals surface area contributed by atoms with Gasteiger partial charge >= 0.3 is 12.3 Å². The first-order valence-corrected chi connectivity index (χ1v) is 8.57. The number of nitrogens with zero attached hydrogens (tertiary/aromatic N) is 3. The normalized spacial score (nSPS) is 13.1. The van der Waals surface area contributed by atoms with Crippen LogP contribution in [0.1, 0.15) is 26.3 Å². The molecule has 0 radical (unpaired) electrons. The van der Waals surface area contributed by atoms with E-state index in [1.807, 2.05) is 0 Å². The lowest BCUT2D eigenvalue weighted by atomic mass is 10.2. The number of hydrogen-bond acceptors (Lipinski definition) is 4. The number of amides is 1. The highest BCUT2D eigenvalue weighted by Crippen LogP contribution is 2.34. The molecule has 27 heavy (non-hydrogen) atoms. The van der Waals surface area contributed by atoms with E-state index in [1.165, 1.54) is 0 Å². The van der Waals surface area contributed by atoms with Crippen LogP contribution in [0.3, 0.4) is 0 Å². The number of alkyl carbamates (subject to hydrolysis) is 1. The summed E-state index contributed by atoms with van der Waals surface area (Å²) < 4.78 is 59.0. The number of aromatic nitrogens is 3. The number of rotatable bonds is 4. The van der Waals surface area contributed by atoms with E-state index in [0.717, 1.165) is 22.9 Å². The Morgan fingerprint density at radius 2 is 2.00 bits per heavy atom. The number of allylic oxidation sites excluding steroid dienone is 1. The monoisotopic (exact) mass is 452 g/mol. The molecule has 1 aromatic carbocycles. The summed E-state index contributed by atoms with van der Waals surface area (Å²) in [6.07, 6.45) is -4.20. The summed E-state index contributed by atoms with van der Waals surface area (Å²) in [7, 11) is 0. The number of hydrogen-bond donors (Lipinski definition) is 1. The Hall–Kier alpha value is -2.17. The smallest absolute Gasteiger partial charge is 0.416 e. The van der Waals surface area contributed by atoms with Crippen LogP contribution < -0.4 is 5.32 Å². The van der Waals surface area contributed by atoms with Crippen LogP contribution in [-0.4, -0.2) is 33.2 Å². The zero-order valence-corrected chi connectivity index (χ0v) is 16.3. The Morgan fingerprint density at radius 3 is 2.59 bits per heavy atom. The second-order valence-electron chi connectivity index (χ2n) is 6.60. The molecule has 0 aliphatic carbocycles. The molecule has 0 aliphatic rings. The van der Waals surface area contributed by atoms with Gasteiger partial charge in [-0.25, -0.2) is 13.9 Å². The van der Waals surface area contributed by atoms with E-state index in [1.54, 1.807) is 20.8 Å². The number of carbonyl (C=O) groups is 1. The lowest BCUT2D eigenvalue weighted by Gasteiger charge is -2.19. The standard InChI is InChI=1S/C16H17BrF4N4O2/c1-15(2,3)27-14(26)22-5-4-10(18)8-25-12-7-9(16(19,20)21)6-11(17)13(12)23-24-25/h4,6-7H,5,8H2,1-3H3,(H,22,26)/b10-4-. The molecule has 11 heteroatoms. The highest BCUT2D eigenvalue weighted by molar-refractivity contribution is 9.10. The van der Waals surface area contributed by atoms with Gasteiger partial charge in [0, 0.05) is 11.0 Å². The number of ether oxygens (including phenoxy) is 1. The van der Waals surface area contributed by atoms with Crippen molar-refractivity contribution in [3.63, 3.8) is 0 Å². The fraction of sp³-hybridized carbons (Fsp3) is 0.438. The third-order valence-corrected chi connectivity index (χ3v) is 3.78. The minimum Gasteiger partial charge on any atom is -0.444 e. The predicted molar refractivity (Wildman–Crippen MR) is 93.7 cm³/mol. The molecule has 6 nitrogen and oxygen atoms in total. The maximum Gasteiger partial charge on any atom is 0.416 e. The first kappa shape index (κ1) is 21.1. The van der Waals surface area contributed by atoms with Crippen LogP contribution in [0.5, 0.6) is 0 Å². The van der Waals surface area contributed by atoms with E-state index in [-0.39, 0.29) is 22.1 Å². The molecule has 0 fully saturated rings. The van der Waals surface area contributed by atoms with Crippen molar-refractivity contribution in [2.24, 2.45) is 0 Å². The molecule has 0 saturated carbocycles. The Balaban J connectivity index is 2.11. The first-order valence-electron chi connectivity index (χ1n) is 7.78. The molecule has 0 unspecified atom stereocenters. The molecule has 2 aromatic rings. The van der Waals surface area contributed by atoms with Gasteiger partial charge in [-0.15, -0.1) is 5.10 Å². The van der Waals surface area contributed by atoms with Gasteiger partial charge in [0.15, 0.2) is 0 Å². The molecule has 0 saturated heterocycles. The Kier molecular flexibility index (Phi) is 6.13. The first-order chi connectivity index (χ1) is 12.4. The maximum atomic E-state index is 14.1. The molecular weight excluding hydrogens is 436 g/mol. The van der Waals surface area contributed by atoms with Gasteiger partial charge in [0.1, 0.15) is 16.9 Å². The highest BCUT2D eigenvalue weighted by Gasteiger charge is 2.32. The minimum absolute atomic E-state index is 0.0281. The number of benzene rings is 1. The summed E-state index contributed by atoms with van der Waals surface area (Å²) in [5.41, 5.74) is -1.38. The minimum atomic E-state index is -4.56. The molecule has 1 aromatic heterocycles. The summed E-state index contributed by atoms with van der Waals surface area (Å²) in [6, 6.07) is 1.74. The van der Waals surface area contributed by atoms with Crippen LogP contribution in [0.25, 0.3) is 11.0 Å². The van der Waals surface area contributed by atoms with Crippen molar-refractivity contribution in [3.8, 4) is 0 Å². The fourth-order valence-electron chi connectivity index (χ4n) is 2.07. The van der Waals surface area contributed by atoms with Crippen LogP contribution in [-0.2, 0) is 17.5 Å². The van der Waals surface area contributed by atoms with E-state index < -0.39 is 35.8 Å². The van der Waals surface area contributed by atoms with Crippen LogP contribution in [0.4, 0.5) is 22.4 Å². The van der Waals surface area contributed by atoms with E-state index in [2.05, 4.69) is 31.6 Å². The Bertz CT molecular complexity index is 872. The SMILES string of the molecule is CC(C)(C)OC(=O)NC/C=C(\F)Cn1nnc2c(Br)cc(C(F)(F)F)cc21. The number of fused-ring (bicyclic) bond motifs is 1. The third kappa shape index (κ3) is 5.91. The molecule has 1 N–H and O–H groups in total. The number of nitrogens with one attached hydrogen (secondary N) is 1. The van der Waals surface area contributed by atoms with Gasteiger partial charge in [-0.2, -0.15) is 13.2 Å². The lowest BCUT2D eigenvalue weighted by Crippen LogP contribution is -2.32. The van der Waals surface area contributed by atoms with Crippen molar-refractivity contribution in [2.75, 3.05) is 6.54 Å². The number of carbonyl (C=O) groups excluding carboxylic acids is 1. The molecule has 148 valence electrons. The summed E-state index contributed by atoms with van der Waals surface area (Å²) in [5, 5.41) is 9.79. The Labute approximate surface area is 160 Å². The van der Waals surface area contributed by atoms with Crippen molar-refractivity contribution in [2.45, 2.75) is 39.1 Å². The summed E-state index contributed by atoms with van der Waals surface area (Å²) in [4.78, 5) is 11.5. The van der Waals surface area contributed by atoms with Gasteiger partial charge in [0.25, 0.3) is 0 Å². The van der Waals surface area contributed by atoms with Gasteiger partial charge in [-0.3, -0.25) is 0 Å². The molecule has 0 spiro atoms. The highest BCUT2D eigenvalue weighted by atomic mass is 79.9. The van der Waals surface area contributed by atoms with E-state index in [4.69, 9.17) is 4.74 Å². The van der Waals surface area contributed by atoms with Gasteiger partial charge < -0.3 is 10.1 Å². The quantitative estimate of drug-likeness (QED) is 0.688. The Morgan fingerprint density at radius 1 is 1.33 bits per heavy atom. The number of halogens is 5. The fourth-order valence-corrected chi connectivity index (χ4v) is 2.60. The summed E-state index contributed by atoms with van der Waals surface area (Å²) >= 11 is 3.02. The van der Waals surface area contributed by atoms with Crippen molar-refractivity contribution in [3.05, 3.63) is 34.1 Å². The summed E-state index contributed by atoms with van der Waals surface area (Å²) in [6.45, 7) is 4.48. The van der Waals surface area contributed by atoms with Crippen LogP contribution in [0, 0.1) is 0 Å². The zero-order valence-electron chi connectivity index (χ0n) is 14.7. The zero-order chi connectivity index (χ0) is 20.4. The van der Waals surface area contributed by atoms with Gasteiger partial charge in [-0.1, -0.05) is 5.21 Å². The second-order valence-corrected chi connectivity index (χ2v) is 7.46. The number of alkyl halides is 3. The maximum absolute atomic E-state index is 14.1. The molecular formula is C16H17BrF4N4O2. The molecule has 2 rings (SSSR count). The largest absolute Gasteiger partial charge is 0.444 e. The molecule has 1 amide bonds. The van der Waals surface area contributed by atoms with Crippen molar-refractivity contribution in [1.82, 2.24) is 20.3 Å². The van der Waals surface area contributed by atoms with Crippen LogP contribution >= 0.6 is 15.9 Å². The van der Waals surface area contributed by atoms with Gasteiger partial charge in [0.2, 0.25) is 0 Å². The van der Waals surface area contributed by atoms with Crippen molar-refractivity contribution >= 4 is 33.1 Å². The van der Waals surface area contributed by atoms with E-state index in [9.17, 15) is 22.4 Å². The van der Waals surface area contributed by atoms with Gasteiger partial charge in [0.05, 0.1) is 17.6 Å². The molecule has 0 atom stereocenters. The third-order valence-electron chi connectivity index (χ3n) is 3.17. The second kappa shape index (κ2) is 7.83. The lowest BCUT2D eigenvalue weighted by molar-refractivity contribution is -0.137. The molecule has 1 heterocycles. The van der Waals surface area contributed by atoms with Gasteiger partial charge in [-0.05, 0) is 54.9 Å². The van der Waals surface area contributed by atoms with E-state index in [0.29, 0.717) is 0 Å². The van der Waals surface area contributed by atoms with E-state index >= 15 is 0 Å².